The zero-order valence-corrected chi connectivity index (χ0v) is 13.1. The van der Waals surface area contributed by atoms with Crippen LogP contribution in [0, 0.1) is 22.0 Å². The predicted molar refractivity (Wildman–Crippen MR) is 82.6 cm³/mol. The summed E-state index contributed by atoms with van der Waals surface area (Å²) in [5.41, 5.74) is 7.82. The minimum absolute atomic E-state index is 0.0338. The second kappa shape index (κ2) is 6.00. The maximum absolute atomic E-state index is 12.4. The summed E-state index contributed by atoms with van der Waals surface area (Å²) >= 11 is 0. The van der Waals surface area contributed by atoms with E-state index >= 15 is 0 Å². The predicted octanol–water partition coefficient (Wildman–Crippen LogP) is 2.57. The molecule has 0 amide bonds. The van der Waals surface area contributed by atoms with Gasteiger partial charge in [-0.1, -0.05) is 6.07 Å². The van der Waals surface area contributed by atoms with Crippen molar-refractivity contribution in [2.45, 2.75) is 37.4 Å². The maximum Gasteiger partial charge on any atom is 0.401 e. The number of nitro benzene ring substituents is 1. The fraction of sp³-hybridized carbons (Fsp3) is 0.625. The van der Waals surface area contributed by atoms with E-state index < -0.39 is 23.2 Å². The highest BCUT2D eigenvalue weighted by Gasteiger charge is 2.49. The number of nitrogens with two attached hydrogens (primary N) is 1. The monoisotopic (exact) mass is 343 g/mol. The topological polar surface area (TPSA) is 81.2 Å². The molecule has 5 nitrogen and oxygen atoms in total. The zero-order valence-electron chi connectivity index (χ0n) is 13.1. The number of nitro groups is 1. The summed E-state index contributed by atoms with van der Waals surface area (Å²) in [7, 11) is 0. The highest BCUT2D eigenvalue weighted by Crippen LogP contribution is 2.46. The molecule has 24 heavy (non-hydrogen) atoms. The average molecular weight is 343 g/mol. The molecule has 1 fully saturated rings. The molecule has 0 heterocycles. The van der Waals surface area contributed by atoms with Crippen LogP contribution in [-0.2, 0) is 12.8 Å². The van der Waals surface area contributed by atoms with Gasteiger partial charge in [0.1, 0.15) is 0 Å². The Morgan fingerprint density at radius 3 is 2.46 bits per heavy atom. The number of alkyl halides is 3. The smallest absolute Gasteiger partial charge is 0.324 e. The fourth-order valence-corrected chi connectivity index (χ4v) is 4.21. The van der Waals surface area contributed by atoms with Crippen molar-refractivity contribution in [2.75, 3.05) is 13.1 Å². The van der Waals surface area contributed by atoms with Gasteiger partial charge in [0.15, 0.2) is 0 Å². The van der Waals surface area contributed by atoms with Crippen LogP contribution in [0.25, 0.3) is 0 Å². The van der Waals surface area contributed by atoms with Crippen molar-refractivity contribution >= 4 is 5.69 Å². The lowest BCUT2D eigenvalue weighted by molar-refractivity contribution is -0.384. The SMILES string of the molecule is N[C@]1(CNCC(F)(F)F)[C@@H]2CC[C@H]1Cc1cc([N+](=O)[O-])ccc1C2. The summed E-state index contributed by atoms with van der Waals surface area (Å²) in [6.07, 6.45) is -1.29. The Morgan fingerprint density at radius 2 is 1.88 bits per heavy atom. The van der Waals surface area contributed by atoms with E-state index in [0.29, 0.717) is 12.8 Å². The number of non-ortho nitro benzene ring substituents is 1. The minimum atomic E-state index is -4.26. The molecule has 0 saturated heterocycles. The Labute approximate surface area is 137 Å². The van der Waals surface area contributed by atoms with Crippen molar-refractivity contribution < 1.29 is 18.1 Å². The molecule has 1 aromatic carbocycles. The van der Waals surface area contributed by atoms with Crippen LogP contribution in [0.2, 0.25) is 0 Å². The maximum atomic E-state index is 12.4. The van der Waals surface area contributed by atoms with Crippen LogP contribution in [0.15, 0.2) is 18.2 Å². The van der Waals surface area contributed by atoms with E-state index in [4.69, 9.17) is 5.73 Å². The quantitative estimate of drug-likeness (QED) is 0.650. The van der Waals surface area contributed by atoms with Gasteiger partial charge in [-0.3, -0.25) is 10.1 Å². The summed E-state index contributed by atoms with van der Waals surface area (Å²) in [4.78, 5) is 10.5. The fourth-order valence-electron chi connectivity index (χ4n) is 4.21. The Bertz CT molecular complexity index is 650. The first kappa shape index (κ1) is 17.2. The largest absolute Gasteiger partial charge is 0.401 e. The summed E-state index contributed by atoms with van der Waals surface area (Å²) < 4.78 is 37.2. The van der Waals surface area contributed by atoms with Gasteiger partial charge in [-0.15, -0.1) is 0 Å². The van der Waals surface area contributed by atoms with Crippen LogP contribution >= 0.6 is 0 Å². The molecule has 3 atom stereocenters. The van der Waals surface area contributed by atoms with Crippen LogP contribution in [0.4, 0.5) is 18.9 Å². The van der Waals surface area contributed by atoms with Gasteiger partial charge in [0.25, 0.3) is 5.69 Å². The van der Waals surface area contributed by atoms with Crippen molar-refractivity contribution in [3.63, 3.8) is 0 Å². The third kappa shape index (κ3) is 3.25. The lowest BCUT2D eigenvalue weighted by Gasteiger charge is -2.35. The van der Waals surface area contributed by atoms with Crippen molar-refractivity contribution in [1.82, 2.24) is 5.32 Å². The van der Waals surface area contributed by atoms with Gasteiger partial charge in [-0.2, -0.15) is 13.2 Å². The lowest BCUT2D eigenvalue weighted by Crippen LogP contribution is -2.57. The molecule has 2 aliphatic rings. The van der Waals surface area contributed by atoms with Gasteiger partial charge in [0.05, 0.1) is 11.5 Å². The third-order valence-corrected chi connectivity index (χ3v) is 5.47. The van der Waals surface area contributed by atoms with E-state index in [2.05, 4.69) is 5.32 Å². The number of fused-ring (bicyclic) bond motifs is 3. The summed E-state index contributed by atoms with van der Waals surface area (Å²) in [5, 5.41) is 13.4. The highest BCUT2D eigenvalue weighted by molar-refractivity contribution is 5.42. The molecule has 0 unspecified atom stereocenters. The van der Waals surface area contributed by atoms with E-state index in [9.17, 15) is 23.3 Å². The van der Waals surface area contributed by atoms with Gasteiger partial charge < -0.3 is 11.1 Å². The summed E-state index contributed by atoms with van der Waals surface area (Å²) in [6, 6.07) is 4.83. The number of rotatable bonds is 4. The first-order chi connectivity index (χ1) is 11.2. The van der Waals surface area contributed by atoms with E-state index in [0.717, 1.165) is 24.0 Å². The van der Waals surface area contributed by atoms with E-state index in [1.54, 1.807) is 12.1 Å². The Kier molecular flexibility index (Phi) is 4.29. The molecule has 0 aliphatic heterocycles. The Balaban J connectivity index is 1.80. The molecule has 2 bridgehead atoms. The normalized spacial score (nSPS) is 29.2. The summed E-state index contributed by atoms with van der Waals surface area (Å²) in [5.74, 6) is 0.123. The molecule has 3 rings (SSSR count). The van der Waals surface area contributed by atoms with E-state index in [1.807, 2.05) is 0 Å². The second-order valence-corrected chi connectivity index (χ2v) is 6.92. The zero-order chi connectivity index (χ0) is 17.5. The number of hydrogen-bond donors (Lipinski definition) is 2. The van der Waals surface area contributed by atoms with Crippen LogP contribution in [-0.4, -0.2) is 29.7 Å². The van der Waals surface area contributed by atoms with Gasteiger partial charge >= 0.3 is 6.18 Å². The Hall–Kier alpha value is -1.67. The first-order valence-electron chi connectivity index (χ1n) is 8.01. The summed E-state index contributed by atoms with van der Waals surface area (Å²) in [6.45, 7) is -0.943. The number of benzene rings is 1. The van der Waals surface area contributed by atoms with Crippen LogP contribution in [0.3, 0.4) is 0 Å². The van der Waals surface area contributed by atoms with Crippen LogP contribution < -0.4 is 11.1 Å². The van der Waals surface area contributed by atoms with Gasteiger partial charge in [-0.25, -0.2) is 0 Å². The van der Waals surface area contributed by atoms with Crippen molar-refractivity contribution in [1.29, 1.82) is 0 Å². The molecule has 0 spiro atoms. The van der Waals surface area contributed by atoms with Crippen LogP contribution in [0.1, 0.15) is 24.0 Å². The van der Waals surface area contributed by atoms with E-state index in [-0.39, 0.29) is 24.1 Å². The standard InChI is InChI=1S/C16H20F3N3O2/c17-16(18,19)9-21-8-15(20)12-2-3-13(15)6-11-7-14(22(23)24)4-1-10(11)5-12/h1,4,7,12-13,21H,2-3,5-6,8-9,20H2/t12-,13+,15-/m1/s1. The second-order valence-electron chi connectivity index (χ2n) is 6.92. The number of hydrogen-bond acceptors (Lipinski definition) is 4. The molecular weight excluding hydrogens is 323 g/mol. The lowest BCUT2D eigenvalue weighted by atomic mass is 9.79. The van der Waals surface area contributed by atoms with Crippen LogP contribution in [0.5, 0.6) is 0 Å². The van der Waals surface area contributed by atoms with Gasteiger partial charge in [-0.05, 0) is 48.6 Å². The van der Waals surface area contributed by atoms with Crippen molar-refractivity contribution in [3.05, 3.63) is 39.4 Å². The molecule has 2 aliphatic carbocycles. The third-order valence-electron chi connectivity index (χ3n) is 5.47. The van der Waals surface area contributed by atoms with Gasteiger partial charge in [0, 0.05) is 24.2 Å². The molecule has 0 aromatic heterocycles. The minimum Gasteiger partial charge on any atom is -0.324 e. The number of nitrogens with zero attached hydrogens (tertiary/aromatic N) is 1. The van der Waals surface area contributed by atoms with Gasteiger partial charge in [0.2, 0.25) is 0 Å². The molecule has 3 N–H and O–H groups in total. The average Bonchev–Trinajstić information content (AvgIpc) is 2.68. The molecule has 132 valence electrons. The molecular formula is C16H20F3N3O2. The molecule has 1 aromatic rings. The number of nitrogens with one attached hydrogen (secondary N) is 1. The first-order valence-corrected chi connectivity index (χ1v) is 8.01. The molecule has 0 radical (unpaired) electrons. The van der Waals surface area contributed by atoms with Crippen molar-refractivity contribution in [3.8, 4) is 0 Å². The molecule has 1 saturated carbocycles. The Morgan fingerprint density at radius 1 is 1.25 bits per heavy atom. The molecule has 8 heteroatoms. The highest BCUT2D eigenvalue weighted by atomic mass is 19.4. The number of halogens is 3. The van der Waals surface area contributed by atoms with Crippen molar-refractivity contribution in [2.24, 2.45) is 17.6 Å². The van der Waals surface area contributed by atoms with E-state index in [1.165, 1.54) is 6.07 Å².